The van der Waals surface area contributed by atoms with E-state index >= 15 is 0 Å². The highest BCUT2D eigenvalue weighted by Gasteiger charge is 2.19. The van der Waals surface area contributed by atoms with Gasteiger partial charge in [0.25, 0.3) is 0 Å². The van der Waals surface area contributed by atoms with Gasteiger partial charge in [-0.2, -0.15) is 0 Å². The maximum atomic E-state index is 3.70. The molecule has 1 aromatic rings. The Balaban J connectivity index is 1.80. The molecular weight excluding hydrogens is 206 g/mol. The molecule has 0 bridgehead atoms. The van der Waals surface area contributed by atoms with Gasteiger partial charge in [-0.15, -0.1) is 0 Å². The fourth-order valence-electron chi connectivity index (χ4n) is 2.90. The highest BCUT2D eigenvalue weighted by molar-refractivity contribution is 5.22. The molecule has 1 aliphatic carbocycles. The lowest BCUT2D eigenvalue weighted by Crippen LogP contribution is -2.34. The van der Waals surface area contributed by atoms with Crippen molar-refractivity contribution >= 4 is 0 Å². The number of rotatable bonds is 4. The molecule has 0 radical (unpaired) electrons. The number of hydrogen-bond acceptors (Lipinski definition) is 1. The Kier molecular flexibility index (Phi) is 4.61. The van der Waals surface area contributed by atoms with Crippen LogP contribution in [0.15, 0.2) is 24.3 Å². The number of hydrogen-bond donors (Lipinski definition) is 1. The summed E-state index contributed by atoms with van der Waals surface area (Å²) in [6.07, 6.45) is 7.15. The molecule has 0 heterocycles. The Morgan fingerprint density at radius 3 is 2.71 bits per heavy atom. The zero-order valence-corrected chi connectivity index (χ0v) is 11.2. The molecule has 1 unspecified atom stereocenters. The molecule has 1 aromatic carbocycles. The Hall–Kier alpha value is -0.820. The van der Waals surface area contributed by atoms with E-state index in [1.165, 1.54) is 43.2 Å². The normalized spacial score (nSPS) is 19.2. The summed E-state index contributed by atoms with van der Waals surface area (Å²) in [7, 11) is 0. The Morgan fingerprint density at radius 2 is 2.00 bits per heavy atom. The minimum atomic E-state index is 0.663. The van der Waals surface area contributed by atoms with Crippen molar-refractivity contribution in [3.63, 3.8) is 0 Å². The Bertz CT molecular complexity index is 339. The van der Waals surface area contributed by atoms with Crippen molar-refractivity contribution in [3.05, 3.63) is 35.4 Å². The van der Waals surface area contributed by atoms with E-state index in [0.29, 0.717) is 6.04 Å². The lowest BCUT2D eigenvalue weighted by atomic mass is 9.84. The lowest BCUT2D eigenvalue weighted by Gasteiger charge is -2.28. The van der Waals surface area contributed by atoms with Crippen molar-refractivity contribution in [2.75, 3.05) is 0 Å². The zero-order chi connectivity index (χ0) is 12.1. The largest absolute Gasteiger partial charge is 0.310 e. The summed E-state index contributed by atoms with van der Waals surface area (Å²) in [6, 6.07) is 9.47. The van der Waals surface area contributed by atoms with E-state index in [9.17, 15) is 0 Å². The predicted octanol–water partition coefficient (Wildman–Crippen LogP) is 4.05. The molecule has 1 heteroatoms. The molecule has 1 aliphatic rings. The smallest absolute Gasteiger partial charge is 0.0208 e. The van der Waals surface area contributed by atoms with Crippen LogP contribution in [0.1, 0.15) is 50.2 Å². The summed E-state index contributed by atoms with van der Waals surface area (Å²) in [5.41, 5.74) is 2.77. The van der Waals surface area contributed by atoms with E-state index in [1.54, 1.807) is 0 Å². The van der Waals surface area contributed by atoms with Gasteiger partial charge in [-0.05, 0) is 38.2 Å². The summed E-state index contributed by atoms with van der Waals surface area (Å²) in [6.45, 7) is 5.53. The molecule has 0 saturated heterocycles. The lowest BCUT2D eigenvalue weighted by molar-refractivity contribution is 0.280. The molecule has 1 atom stereocenters. The fourth-order valence-corrected chi connectivity index (χ4v) is 2.90. The number of benzene rings is 1. The van der Waals surface area contributed by atoms with E-state index in [2.05, 4.69) is 43.4 Å². The van der Waals surface area contributed by atoms with Crippen LogP contribution in [0.4, 0.5) is 0 Å². The average molecular weight is 231 g/mol. The van der Waals surface area contributed by atoms with E-state index in [4.69, 9.17) is 0 Å². The predicted molar refractivity (Wildman–Crippen MR) is 74.1 cm³/mol. The quantitative estimate of drug-likeness (QED) is 0.824. The van der Waals surface area contributed by atoms with Crippen molar-refractivity contribution in [3.8, 4) is 0 Å². The van der Waals surface area contributed by atoms with Crippen LogP contribution in [-0.4, -0.2) is 6.04 Å². The van der Waals surface area contributed by atoms with Gasteiger partial charge >= 0.3 is 0 Å². The zero-order valence-electron chi connectivity index (χ0n) is 11.2. The van der Waals surface area contributed by atoms with Gasteiger partial charge in [0.15, 0.2) is 0 Å². The molecule has 17 heavy (non-hydrogen) atoms. The van der Waals surface area contributed by atoms with Crippen LogP contribution in [0.2, 0.25) is 0 Å². The van der Waals surface area contributed by atoms with E-state index < -0.39 is 0 Å². The van der Waals surface area contributed by atoms with Gasteiger partial charge in [0.1, 0.15) is 0 Å². The molecule has 0 aromatic heterocycles. The van der Waals surface area contributed by atoms with Crippen molar-refractivity contribution in [1.82, 2.24) is 5.32 Å². The molecule has 1 nitrogen and oxygen atoms in total. The third-order valence-electron chi connectivity index (χ3n) is 4.07. The second-order valence-corrected chi connectivity index (χ2v) is 5.56. The van der Waals surface area contributed by atoms with Crippen LogP contribution in [0, 0.1) is 12.8 Å². The topological polar surface area (TPSA) is 12.0 Å². The second kappa shape index (κ2) is 6.20. The molecule has 0 spiro atoms. The Morgan fingerprint density at radius 1 is 1.24 bits per heavy atom. The van der Waals surface area contributed by atoms with Crippen molar-refractivity contribution in [1.29, 1.82) is 0 Å². The monoisotopic (exact) mass is 231 g/mol. The summed E-state index contributed by atoms with van der Waals surface area (Å²) >= 11 is 0. The van der Waals surface area contributed by atoms with Crippen LogP contribution < -0.4 is 5.32 Å². The molecule has 1 N–H and O–H groups in total. The molecular formula is C16H25N. The molecule has 1 saturated carbocycles. The van der Waals surface area contributed by atoms with Crippen LogP contribution in [0.25, 0.3) is 0 Å². The molecule has 1 fully saturated rings. The van der Waals surface area contributed by atoms with Gasteiger partial charge in [0.2, 0.25) is 0 Å². The fraction of sp³-hybridized carbons (Fsp3) is 0.625. The van der Waals surface area contributed by atoms with Gasteiger partial charge in [-0.3, -0.25) is 0 Å². The molecule has 94 valence electrons. The summed E-state index contributed by atoms with van der Waals surface area (Å²) in [5.74, 6) is 0.897. The summed E-state index contributed by atoms with van der Waals surface area (Å²) in [5, 5.41) is 3.70. The van der Waals surface area contributed by atoms with Gasteiger partial charge in [0, 0.05) is 12.6 Å². The maximum absolute atomic E-state index is 3.70. The summed E-state index contributed by atoms with van der Waals surface area (Å²) in [4.78, 5) is 0. The van der Waals surface area contributed by atoms with E-state index in [0.717, 1.165) is 12.5 Å². The maximum Gasteiger partial charge on any atom is 0.0208 e. The first-order chi connectivity index (χ1) is 8.25. The summed E-state index contributed by atoms with van der Waals surface area (Å²) < 4.78 is 0. The highest BCUT2D eigenvalue weighted by atomic mass is 14.9. The third kappa shape index (κ3) is 3.85. The first kappa shape index (κ1) is 12.6. The minimum Gasteiger partial charge on any atom is -0.310 e. The second-order valence-electron chi connectivity index (χ2n) is 5.56. The number of nitrogens with one attached hydrogen (secondary N) is 1. The van der Waals surface area contributed by atoms with Gasteiger partial charge in [-0.25, -0.2) is 0 Å². The third-order valence-corrected chi connectivity index (χ3v) is 4.07. The average Bonchev–Trinajstić information content (AvgIpc) is 2.37. The minimum absolute atomic E-state index is 0.663. The van der Waals surface area contributed by atoms with Crippen LogP contribution in [0.5, 0.6) is 0 Å². The van der Waals surface area contributed by atoms with Gasteiger partial charge < -0.3 is 5.32 Å². The SMILES string of the molecule is Cc1cccc(CNC(C)C2CCCCC2)c1. The van der Waals surface area contributed by atoms with Crippen molar-refractivity contribution < 1.29 is 0 Å². The van der Waals surface area contributed by atoms with E-state index in [-0.39, 0.29) is 0 Å². The first-order valence-corrected chi connectivity index (χ1v) is 7.04. The Labute approximate surface area is 106 Å². The van der Waals surface area contributed by atoms with Crippen LogP contribution in [-0.2, 0) is 6.54 Å². The van der Waals surface area contributed by atoms with Crippen LogP contribution >= 0.6 is 0 Å². The van der Waals surface area contributed by atoms with Crippen molar-refractivity contribution in [2.24, 2.45) is 5.92 Å². The van der Waals surface area contributed by atoms with Crippen molar-refractivity contribution in [2.45, 2.75) is 58.5 Å². The molecule has 0 amide bonds. The highest BCUT2D eigenvalue weighted by Crippen LogP contribution is 2.26. The van der Waals surface area contributed by atoms with Gasteiger partial charge in [-0.1, -0.05) is 49.1 Å². The standard InChI is InChI=1S/C16H25N/c1-13-7-6-8-15(11-13)12-17-14(2)16-9-4-3-5-10-16/h6-8,11,14,16-17H,3-5,9-10,12H2,1-2H3. The molecule has 0 aliphatic heterocycles. The molecule has 2 rings (SSSR count). The first-order valence-electron chi connectivity index (χ1n) is 7.04. The number of aryl methyl sites for hydroxylation is 1. The van der Waals surface area contributed by atoms with Gasteiger partial charge in [0.05, 0.1) is 0 Å². The van der Waals surface area contributed by atoms with Crippen LogP contribution in [0.3, 0.4) is 0 Å². The van der Waals surface area contributed by atoms with E-state index in [1.807, 2.05) is 0 Å².